The highest BCUT2D eigenvalue weighted by Crippen LogP contribution is 2.29. The molecule has 2 N–H and O–H groups in total. The van der Waals surface area contributed by atoms with E-state index in [4.69, 9.17) is 23.2 Å². The summed E-state index contributed by atoms with van der Waals surface area (Å²) >= 11 is 11.8. The summed E-state index contributed by atoms with van der Waals surface area (Å²) in [5.74, 6) is -1.02. The first-order valence-electron chi connectivity index (χ1n) is 8.27. The van der Waals surface area contributed by atoms with Gasteiger partial charge in [0.2, 0.25) is 17.7 Å². The largest absolute Gasteiger partial charge is 0.326 e. The van der Waals surface area contributed by atoms with E-state index in [1.807, 2.05) is 0 Å². The second-order valence-corrected chi connectivity index (χ2v) is 7.07. The van der Waals surface area contributed by atoms with Gasteiger partial charge in [0.05, 0.1) is 16.0 Å². The number of anilines is 3. The smallest absolute Gasteiger partial charge is 0.229 e. The van der Waals surface area contributed by atoms with Crippen LogP contribution in [0.1, 0.15) is 13.3 Å². The molecule has 0 aliphatic carbocycles. The summed E-state index contributed by atoms with van der Waals surface area (Å²) in [5, 5.41) is 6.18. The Morgan fingerprint density at radius 3 is 2.30 bits per heavy atom. The van der Waals surface area contributed by atoms with Crippen molar-refractivity contribution in [2.24, 2.45) is 5.92 Å². The molecule has 2 aromatic rings. The standard InChI is InChI=1S/C19H17Cl2N3O3/c1-11(25)22-13-2-5-15(6-3-13)24-10-12(8-18(24)26)19(27)23-14-4-7-16(20)17(21)9-14/h2-7,9,12H,8,10H2,1H3,(H,22,25)(H,23,27). The van der Waals surface area contributed by atoms with E-state index in [2.05, 4.69) is 10.6 Å². The number of hydrogen-bond donors (Lipinski definition) is 2. The Bertz CT molecular complexity index is 900. The van der Waals surface area contributed by atoms with Gasteiger partial charge in [0, 0.05) is 37.0 Å². The molecule has 1 saturated heterocycles. The van der Waals surface area contributed by atoms with Gasteiger partial charge in [0.25, 0.3) is 0 Å². The van der Waals surface area contributed by atoms with Crippen LogP contribution in [0.25, 0.3) is 0 Å². The summed E-state index contributed by atoms with van der Waals surface area (Å²) in [4.78, 5) is 37.5. The number of amides is 3. The van der Waals surface area contributed by atoms with Gasteiger partial charge in [-0.25, -0.2) is 0 Å². The zero-order chi connectivity index (χ0) is 19.6. The van der Waals surface area contributed by atoms with Crippen LogP contribution in [-0.4, -0.2) is 24.3 Å². The van der Waals surface area contributed by atoms with Crippen LogP contribution in [-0.2, 0) is 14.4 Å². The first-order chi connectivity index (χ1) is 12.8. The molecule has 1 aliphatic heterocycles. The Balaban J connectivity index is 1.66. The summed E-state index contributed by atoms with van der Waals surface area (Å²) in [7, 11) is 0. The molecule has 0 saturated carbocycles. The number of rotatable bonds is 4. The second kappa shape index (κ2) is 7.98. The Hall–Kier alpha value is -2.57. The summed E-state index contributed by atoms with van der Waals surface area (Å²) in [6, 6.07) is 11.7. The lowest BCUT2D eigenvalue weighted by atomic mass is 10.1. The van der Waals surface area contributed by atoms with Gasteiger partial charge in [-0.05, 0) is 42.5 Å². The highest BCUT2D eigenvalue weighted by atomic mass is 35.5. The third-order valence-electron chi connectivity index (χ3n) is 4.18. The van der Waals surface area contributed by atoms with Crippen molar-refractivity contribution in [1.29, 1.82) is 0 Å². The van der Waals surface area contributed by atoms with E-state index in [0.717, 1.165) is 0 Å². The van der Waals surface area contributed by atoms with E-state index in [0.29, 0.717) is 27.1 Å². The minimum absolute atomic E-state index is 0.126. The van der Waals surface area contributed by atoms with Gasteiger partial charge in [-0.1, -0.05) is 23.2 Å². The SMILES string of the molecule is CC(=O)Nc1ccc(N2CC(C(=O)Nc3ccc(Cl)c(Cl)c3)CC2=O)cc1. The van der Waals surface area contributed by atoms with E-state index in [9.17, 15) is 14.4 Å². The molecule has 1 aliphatic rings. The fourth-order valence-corrected chi connectivity index (χ4v) is 3.18. The molecule has 6 nitrogen and oxygen atoms in total. The van der Waals surface area contributed by atoms with Gasteiger partial charge in [0.1, 0.15) is 0 Å². The minimum atomic E-state index is -0.470. The van der Waals surface area contributed by atoms with E-state index in [-0.39, 0.29) is 30.7 Å². The first kappa shape index (κ1) is 19.2. The van der Waals surface area contributed by atoms with Crippen LogP contribution < -0.4 is 15.5 Å². The molecular formula is C19H17Cl2N3O3. The summed E-state index contributed by atoms with van der Waals surface area (Å²) in [6.07, 6.45) is 0.126. The molecule has 3 rings (SSSR count). The number of halogens is 2. The lowest BCUT2D eigenvalue weighted by Gasteiger charge is -2.17. The Morgan fingerprint density at radius 2 is 1.67 bits per heavy atom. The number of carbonyl (C=O) groups is 3. The van der Waals surface area contributed by atoms with Crippen LogP contribution in [0.2, 0.25) is 10.0 Å². The van der Waals surface area contributed by atoms with Crippen molar-refractivity contribution in [3.63, 3.8) is 0 Å². The van der Waals surface area contributed by atoms with Gasteiger partial charge in [0.15, 0.2) is 0 Å². The van der Waals surface area contributed by atoms with E-state index in [1.54, 1.807) is 47.4 Å². The Labute approximate surface area is 166 Å². The highest BCUT2D eigenvalue weighted by Gasteiger charge is 2.35. The zero-order valence-electron chi connectivity index (χ0n) is 14.5. The fraction of sp³-hybridized carbons (Fsp3) is 0.211. The molecule has 2 aromatic carbocycles. The predicted molar refractivity (Wildman–Crippen MR) is 106 cm³/mol. The highest BCUT2D eigenvalue weighted by molar-refractivity contribution is 6.42. The van der Waals surface area contributed by atoms with Crippen molar-refractivity contribution in [3.8, 4) is 0 Å². The second-order valence-electron chi connectivity index (χ2n) is 6.25. The molecule has 1 heterocycles. The van der Waals surface area contributed by atoms with E-state index in [1.165, 1.54) is 6.92 Å². The maximum absolute atomic E-state index is 12.5. The molecule has 0 aromatic heterocycles. The predicted octanol–water partition coefficient (Wildman–Crippen LogP) is 3.94. The molecule has 8 heteroatoms. The van der Waals surface area contributed by atoms with E-state index >= 15 is 0 Å². The lowest BCUT2D eigenvalue weighted by Crippen LogP contribution is -2.28. The lowest BCUT2D eigenvalue weighted by molar-refractivity contribution is -0.122. The quantitative estimate of drug-likeness (QED) is 0.807. The van der Waals surface area contributed by atoms with E-state index < -0.39 is 5.92 Å². The topological polar surface area (TPSA) is 78.5 Å². The maximum atomic E-state index is 12.5. The van der Waals surface area contributed by atoms with Gasteiger partial charge in [-0.3, -0.25) is 14.4 Å². The minimum Gasteiger partial charge on any atom is -0.326 e. The molecule has 0 radical (unpaired) electrons. The normalized spacial score (nSPS) is 16.3. The number of hydrogen-bond acceptors (Lipinski definition) is 3. The summed E-state index contributed by atoms with van der Waals surface area (Å²) < 4.78 is 0. The van der Waals surface area contributed by atoms with Crippen LogP contribution in [0, 0.1) is 5.92 Å². The van der Waals surface area contributed by atoms with Gasteiger partial charge in [-0.2, -0.15) is 0 Å². The molecule has 3 amide bonds. The Kier molecular flexibility index (Phi) is 5.68. The van der Waals surface area contributed by atoms with Crippen molar-refractivity contribution >= 4 is 58.0 Å². The average Bonchev–Trinajstić information content (AvgIpc) is 3.00. The van der Waals surface area contributed by atoms with Crippen molar-refractivity contribution in [3.05, 3.63) is 52.5 Å². The van der Waals surface area contributed by atoms with Gasteiger partial charge in [-0.15, -0.1) is 0 Å². The van der Waals surface area contributed by atoms with Crippen molar-refractivity contribution in [2.75, 3.05) is 22.1 Å². The van der Waals surface area contributed by atoms with Crippen LogP contribution in [0.15, 0.2) is 42.5 Å². The number of carbonyl (C=O) groups excluding carboxylic acids is 3. The van der Waals surface area contributed by atoms with Crippen molar-refractivity contribution < 1.29 is 14.4 Å². The van der Waals surface area contributed by atoms with Crippen molar-refractivity contribution in [2.45, 2.75) is 13.3 Å². The molecule has 1 atom stereocenters. The third kappa shape index (κ3) is 4.59. The molecule has 27 heavy (non-hydrogen) atoms. The van der Waals surface area contributed by atoms with Crippen LogP contribution in [0.3, 0.4) is 0 Å². The molecule has 0 spiro atoms. The first-order valence-corrected chi connectivity index (χ1v) is 9.03. The third-order valence-corrected chi connectivity index (χ3v) is 4.92. The van der Waals surface area contributed by atoms with Gasteiger partial charge >= 0.3 is 0 Å². The summed E-state index contributed by atoms with van der Waals surface area (Å²) in [6.45, 7) is 1.71. The molecule has 0 bridgehead atoms. The fourth-order valence-electron chi connectivity index (χ4n) is 2.88. The molecule has 1 unspecified atom stereocenters. The number of benzene rings is 2. The number of nitrogens with one attached hydrogen (secondary N) is 2. The Morgan fingerprint density at radius 1 is 1.00 bits per heavy atom. The molecular weight excluding hydrogens is 389 g/mol. The maximum Gasteiger partial charge on any atom is 0.229 e. The molecule has 1 fully saturated rings. The van der Waals surface area contributed by atoms with Gasteiger partial charge < -0.3 is 15.5 Å². The van der Waals surface area contributed by atoms with Crippen LogP contribution in [0.4, 0.5) is 17.1 Å². The average molecular weight is 406 g/mol. The van der Waals surface area contributed by atoms with Crippen LogP contribution >= 0.6 is 23.2 Å². The van der Waals surface area contributed by atoms with Crippen LogP contribution in [0.5, 0.6) is 0 Å². The molecule has 140 valence electrons. The monoisotopic (exact) mass is 405 g/mol. The van der Waals surface area contributed by atoms with Crippen molar-refractivity contribution in [1.82, 2.24) is 0 Å². The number of nitrogens with zero attached hydrogens (tertiary/aromatic N) is 1. The summed E-state index contributed by atoms with van der Waals surface area (Å²) in [5.41, 5.74) is 1.85. The zero-order valence-corrected chi connectivity index (χ0v) is 16.0.